The maximum absolute atomic E-state index is 13.1. The summed E-state index contributed by atoms with van der Waals surface area (Å²) in [6.07, 6.45) is 5.81. The van der Waals surface area contributed by atoms with E-state index in [2.05, 4.69) is 45.5 Å². The van der Waals surface area contributed by atoms with Crippen molar-refractivity contribution in [2.45, 2.75) is 31.7 Å². The smallest absolute Gasteiger partial charge is 0.224 e. The number of aryl methyl sites for hydroxylation is 1. The van der Waals surface area contributed by atoms with E-state index in [4.69, 9.17) is 11.6 Å². The van der Waals surface area contributed by atoms with Crippen molar-refractivity contribution in [3.05, 3.63) is 101 Å². The minimum atomic E-state index is -0.273. The number of piperidine rings is 1. The molecular weight excluding hydrogens is 418 g/mol. The summed E-state index contributed by atoms with van der Waals surface area (Å²) >= 11 is 6.07. The van der Waals surface area contributed by atoms with E-state index in [1.54, 1.807) is 6.20 Å². The number of likely N-dealkylation sites (tertiary alicyclic amines) is 1. The summed E-state index contributed by atoms with van der Waals surface area (Å²) in [4.78, 5) is 20.1. The van der Waals surface area contributed by atoms with E-state index in [1.807, 2.05) is 42.5 Å². The molecule has 1 saturated heterocycles. The highest BCUT2D eigenvalue weighted by Gasteiger charge is 2.27. The molecule has 0 spiro atoms. The van der Waals surface area contributed by atoms with Crippen LogP contribution in [-0.2, 0) is 11.2 Å². The van der Waals surface area contributed by atoms with Gasteiger partial charge in [-0.2, -0.15) is 0 Å². The third-order valence-electron chi connectivity index (χ3n) is 6.21. The van der Waals surface area contributed by atoms with Gasteiger partial charge in [0, 0.05) is 17.1 Å². The molecule has 0 saturated carbocycles. The minimum Gasteiger partial charge on any atom is -0.343 e. The molecule has 1 atom stereocenters. The van der Waals surface area contributed by atoms with E-state index in [0.29, 0.717) is 5.02 Å². The number of aromatic nitrogens is 1. The van der Waals surface area contributed by atoms with Crippen molar-refractivity contribution < 1.29 is 4.79 Å². The largest absolute Gasteiger partial charge is 0.343 e. The lowest BCUT2D eigenvalue weighted by Crippen LogP contribution is -2.42. The zero-order valence-electron chi connectivity index (χ0n) is 18.3. The van der Waals surface area contributed by atoms with Gasteiger partial charge in [-0.15, -0.1) is 0 Å². The third kappa shape index (κ3) is 6.18. The predicted octanol–water partition coefficient (Wildman–Crippen LogP) is 5.29. The zero-order valence-corrected chi connectivity index (χ0v) is 19.0. The SMILES string of the molecule is O=C(N[C@H](c1ccc(Cl)cc1)c1ccccn1)C1CCN(CCCc2ccccc2)CC1. The Morgan fingerprint density at radius 1 is 1.00 bits per heavy atom. The average molecular weight is 448 g/mol. The number of nitrogens with zero attached hydrogens (tertiary/aromatic N) is 2. The van der Waals surface area contributed by atoms with Gasteiger partial charge in [-0.3, -0.25) is 9.78 Å². The van der Waals surface area contributed by atoms with E-state index in [-0.39, 0.29) is 17.9 Å². The van der Waals surface area contributed by atoms with Crippen LogP contribution in [0, 0.1) is 5.92 Å². The molecule has 1 aliphatic heterocycles. The summed E-state index contributed by atoms with van der Waals surface area (Å²) in [5.41, 5.74) is 3.21. The first-order chi connectivity index (χ1) is 15.7. The van der Waals surface area contributed by atoms with Gasteiger partial charge in [0.2, 0.25) is 5.91 Å². The maximum atomic E-state index is 13.1. The van der Waals surface area contributed by atoms with Crippen molar-refractivity contribution in [3.8, 4) is 0 Å². The molecule has 1 N–H and O–H groups in total. The zero-order chi connectivity index (χ0) is 22.2. The first-order valence-electron chi connectivity index (χ1n) is 11.4. The Morgan fingerprint density at radius 2 is 1.72 bits per heavy atom. The van der Waals surface area contributed by atoms with Crippen molar-refractivity contribution in [1.82, 2.24) is 15.2 Å². The second-order valence-electron chi connectivity index (χ2n) is 8.45. The lowest BCUT2D eigenvalue weighted by atomic mass is 9.94. The Morgan fingerprint density at radius 3 is 2.41 bits per heavy atom. The fourth-order valence-corrected chi connectivity index (χ4v) is 4.49. The second kappa shape index (κ2) is 11.3. The summed E-state index contributed by atoms with van der Waals surface area (Å²) in [6.45, 7) is 3.04. The highest BCUT2D eigenvalue weighted by atomic mass is 35.5. The number of rotatable bonds is 8. The molecule has 4 nitrogen and oxygen atoms in total. The number of carbonyl (C=O) groups excluding carboxylic acids is 1. The molecule has 32 heavy (non-hydrogen) atoms. The van der Waals surface area contributed by atoms with Crippen LogP contribution < -0.4 is 5.32 Å². The minimum absolute atomic E-state index is 0.0406. The highest BCUT2D eigenvalue weighted by molar-refractivity contribution is 6.30. The van der Waals surface area contributed by atoms with Crippen molar-refractivity contribution >= 4 is 17.5 Å². The number of pyridine rings is 1. The van der Waals surface area contributed by atoms with Crippen LogP contribution in [0.1, 0.15) is 42.1 Å². The van der Waals surface area contributed by atoms with E-state index in [9.17, 15) is 4.79 Å². The molecule has 0 aliphatic carbocycles. The van der Waals surface area contributed by atoms with E-state index >= 15 is 0 Å². The topological polar surface area (TPSA) is 45.2 Å². The maximum Gasteiger partial charge on any atom is 0.224 e. The number of carbonyl (C=O) groups is 1. The van der Waals surface area contributed by atoms with Gasteiger partial charge in [0.15, 0.2) is 0 Å². The van der Waals surface area contributed by atoms with Gasteiger partial charge in [0.1, 0.15) is 0 Å². The molecule has 1 amide bonds. The molecule has 0 unspecified atom stereocenters. The van der Waals surface area contributed by atoms with Gasteiger partial charge < -0.3 is 10.2 Å². The van der Waals surface area contributed by atoms with Gasteiger partial charge >= 0.3 is 0 Å². The van der Waals surface area contributed by atoms with Gasteiger partial charge in [-0.1, -0.05) is 60.1 Å². The van der Waals surface area contributed by atoms with E-state index in [1.165, 1.54) is 5.56 Å². The first-order valence-corrected chi connectivity index (χ1v) is 11.8. The number of hydrogen-bond donors (Lipinski definition) is 1. The molecular formula is C27H30ClN3O. The van der Waals surface area contributed by atoms with Crippen LogP contribution in [0.2, 0.25) is 5.02 Å². The molecule has 1 aliphatic rings. The van der Waals surface area contributed by atoms with Gasteiger partial charge in [-0.05, 0) is 80.7 Å². The molecule has 2 aromatic carbocycles. The number of halogens is 1. The number of nitrogens with one attached hydrogen (secondary N) is 1. The van der Waals surface area contributed by atoms with Gasteiger partial charge in [-0.25, -0.2) is 0 Å². The number of amides is 1. The van der Waals surface area contributed by atoms with Crippen molar-refractivity contribution in [1.29, 1.82) is 0 Å². The van der Waals surface area contributed by atoms with Crippen LogP contribution in [0.25, 0.3) is 0 Å². The van der Waals surface area contributed by atoms with Crippen LogP contribution in [0.5, 0.6) is 0 Å². The molecule has 2 heterocycles. The highest BCUT2D eigenvalue weighted by Crippen LogP contribution is 2.25. The molecule has 1 fully saturated rings. The number of benzene rings is 2. The Labute approximate surface area is 195 Å². The van der Waals surface area contributed by atoms with Crippen molar-refractivity contribution in [2.24, 2.45) is 5.92 Å². The monoisotopic (exact) mass is 447 g/mol. The van der Waals surface area contributed by atoms with Gasteiger partial charge in [0.05, 0.1) is 11.7 Å². The Balaban J connectivity index is 1.31. The van der Waals surface area contributed by atoms with Crippen LogP contribution in [0.3, 0.4) is 0 Å². The van der Waals surface area contributed by atoms with E-state index < -0.39 is 0 Å². The molecule has 1 aromatic heterocycles. The molecule has 3 aromatic rings. The molecule has 0 bridgehead atoms. The number of hydrogen-bond acceptors (Lipinski definition) is 3. The molecule has 166 valence electrons. The predicted molar refractivity (Wildman–Crippen MR) is 130 cm³/mol. The quantitative estimate of drug-likeness (QED) is 0.510. The summed E-state index contributed by atoms with van der Waals surface area (Å²) in [6, 6.07) is 23.8. The average Bonchev–Trinajstić information content (AvgIpc) is 2.85. The summed E-state index contributed by atoms with van der Waals surface area (Å²) in [5.74, 6) is 0.151. The Kier molecular flexibility index (Phi) is 7.92. The molecule has 0 radical (unpaired) electrons. The summed E-state index contributed by atoms with van der Waals surface area (Å²) < 4.78 is 0. The Bertz CT molecular complexity index is 971. The molecule has 4 rings (SSSR count). The Hall–Kier alpha value is -2.69. The standard InChI is InChI=1S/C27H30ClN3O/c28-24-13-11-22(12-14-24)26(25-10-4-5-17-29-25)30-27(32)23-15-19-31(20-16-23)18-6-9-21-7-2-1-3-8-21/h1-5,7-8,10-14,17,23,26H,6,9,15-16,18-20H2,(H,30,32)/t26-/m1/s1. The second-order valence-corrected chi connectivity index (χ2v) is 8.89. The van der Waals surface area contributed by atoms with Crippen molar-refractivity contribution in [3.63, 3.8) is 0 Å². The van der Waals surface area contributed by atoms with Gasteiger partial charge in [0.25, 0.3) is 0 Å². The van der Waals surface area contributed by atoms with E-state index in [0.717, 1.165) is 56.6 Å². The third-order valence-corrected chi connectivity index (χ3v) is 6.47. The normalized spacial score (nSPS) is 15.9. The molecule has 5 heteroatoms. The lowest BCUT2D eigenvalue weighted by molar-refractivity contribution is -0.127. The summed E-state index contributed by atoms with van der Waals surface area (Å²) in [7, 11) is 0. The van der Waals surface area contributed by atoms with Crippen molar-refractivity contribution in [2.75, 3.05) is 19.6 Å². The fraction of sp³-hybridized carbons (Fsp3) is 0.333. The fourth-order valence-electron chi connectivity index (χ4n) is 4.36. The van der Waals surface area contributed by atoms with Crippen LogP contribution in [0.4, 0.5) is 0 Å². The van der Waals surface area contributed by atoms with Crippen LogP contribution in [0.15, 0.2) is 79.0 Å². The first kappa shape index (κ1) is 22.5. The lowest BCUT2D eigenvalue weighted by Gasteiger charge is -2.32. The van der Waals surface area contributed by atoms with Crippen LogP contribution >= 0.6 is 11.6 Å². The van der Waals surface area contributed by atoms with Crippen LogP contribution in [-0.4, -0.2) is 35.4 Å². The summed E-state index contributed by atoms with van der Waals surface area (Å²) in [5, 5.41) is 3.94.